The first-order valence-corrected chi connectivity index (χ1v) is 9.24. The van der Waals surface area contributed by atoms with Crippen LogP contribution >= 0.6 is 23.2 Å². The van der Waals surface area contributed by atoms with Crippen molar-refractivity contribution in [2.24, 2.45) is 0 Å². The molecule has 8 heteroatoms. The minimum absolute atomic E-state index is 0.0232. The Bertz CT molecular complexity index is 1100. The number of anilines is 1. The number of aromatic nitrogens is 2. The first kappa shape index (κ1) is 20.0. The van der Waals surface area contributed by atoms with Crippen molar-refractivity contribution in [2.45, 2.75) is 19.9 Å². The second-order valence-corrected chi connectivity index (χ2v) is 6.90. The van der Waals surface area contributed by atoms with E-state index >= 15 is 0 Å². The normalized spacial score (nSPS) is 10.7. The summed E-state index contributed by atoms with van der Waals surface area (Å²) in [6.07, 6.45) is 0.561. The van der Waals surface area contributed by atoms with Crippen LogP contribution in [0, 0.1) is 5.82 Å². The number of hydrogen-bond donors (Lipinski definition) is 1. The van der Waals surface area contributed by atoms with Crippen molar-refractivity contribution in [3.63, 3.8) is 0 Å². The second kappa shape index (κ2) is 8.54. The van der Waals surface area contributed by atoms with Crippen LogP contribution in [0.1, 0.15) is 12.6 Å². The van der Waals surface area contributed by atoms with Gasteiger partial charge in [-0.2, -0.15) is 0 Å². The molecule has 0 aliphatic carbocycles. The molecule has 3 aromatic rings. The number of halogens is 3. The average molecular weight is 420 g/mol. The lowest BCUT2D eigenvalue weighted by Gasteiger charge is -2.14. The van der Waals surface area contributed by atoms with Crippen molar-refractivity contribution in [1.82, 2.24) is 9.55 Å². The predicted octanol–water partition coefficient (Wildman–Crippen LogP) is 4.56. The van der Waals surface area contributed by atoms with Gasteiger partial charge in [0.15, 0.2) is 0 Å². The third-order valence-corrected chi connectivity index (χ3v) is 4.48. The van der Waals surface area contributed by atoms with E-state index < -0.39 is 11.7 Å². The van der Waals surface area contributed by atoms with Gasteiger partial charge in [-0.15, -0.1) is 0 Å². The fraction of sp³-hybridized carbons (Fsp3) is 0.150. The molecular formula is C20H16Cl2FN3O2. The number of hydrogen-bond acceptors (Lipinski definition) is 3. The van der Waals surface area contributed by atoms with Crippen LogP contribution in [0.2, 0.25) is 10.0 Å². The summed E-state index contributed by atoms with van der Waals surface area (Å²) in [6.45, 7) is 1.55. The van der Waals surface area contributed by atoms with Crippen molar-refractivity contribution in [3.8, 4) is 11.4 Å². The van der Waals surface area contributed by atoms with Crippen molar-refractivity contribution < 1.29 is 9.18 Å². The molecule has 1 aromatic heterocycles. The Kier molecular flexibility index (Phi) is 6.11. The maximum absolute atomic E-state index is 13.9. The molecule has 0 bridgehead atoms. The Morgan fingerprint density at radius 3 is 2.57 bits per heavy atom. The van der Waals surface area contributed by atoms with Gasteiger partial charge in [-0.25, -0.2) is 9.37 Å². The van der Waals surface area contributed by atoms with Gasteiger partial charge in [0, 0.05) is 27.4 Å². The van der Waals surface area contributed by atoms with Crippen molar-refractivity contribution >= 4 is 34.8 Å². The fourth-order valence-electron chi connectivity index (χ4n) is 2.66. The first-order valence-electron chi connectivity index (χ1n) is 8.49. The van der Waals surface area contributed by atoms with Crippen LogP contribution in [0.3, 0.4) is 0 Å². The Balaban J connectivity index is 1.96. The Hall–Kier alpha value is -2.70. The molecule has 0 saturated heterocycles. The molecule has 1 amide bonds. The van der Waals surface area contributed by atoms with E-state index in [1.165, 1.54) is 22.8 Å². The van der Waals surface area contributed by atoms with Crippen LogP contribution in [-0.4, -0.2) is 15.5 Å². The third kappa shape index (κ3) is 4.58. The summed E-state index contributed by atoms with van der Waals surface area (Å²) >= 11 is 11.8. The molecule has 1 heterocycles. The summed E-state index contributed by atoms with van der Waals surface area (Å²) in [4.78, 5) is 29.5. The highest BCUT2D eigenvalue weighted by Gasteiger charge is 2.15. The van der Waals surface area contributed by atoms with Gasteiger partial charge >= 0.3 is 0 Å². The smallest absolute Gasteiger partial charge is 0.254 e. The molecule has 3 rings (SSSR count). The summed E-state index contributed by atoms with van der Waals surface area (Å²) in [6, 6.07) is 12.1. The molecule has 28 heavy (non-hydrogen) atoms. The molecule has 0 saturated carbocycles. The second-order valence-electron chi connectivity index (χ2n) is 6.03. The number of benzene rings is 2. The van der Waals surface area contributed by atoms with E-state index in [0.29, 0.717) is 28.5 Å². The monoisotopic (exact) mass is 419 g/mol. The topological polar surface area (TPSA) is 64.0 Å². The minimum atomic E-state index is -0.664. The van der Waals surface area contributed by atoms with E-state index in [1.807, 2.05) is 6.92 Å². The van der Waals surface area contributed by atoms with Gasteiger partial charge in [-0.1, -0.05) is 42.3 Å². The first-order chi connectivity index (χ1) is 13.4. The summed E-state index contributed by atoms with van der Waals surface area (Å²) in [7, 11) is 0. The van der Waals surface area contributed by atoms with Crippen LogP contribution in [0.15, 0.2) is 53.3 Å². The molecule has 0 radical (unpaired) electrons. The van der Waals surface area contributed by atoms with E-state index in [0.717, 1.165) is 6.07 Å². The van der Waals surface area contributed by atoms with Crippen LogP contribution in [0.5, 0.6) is 0 Å². The molecule has 0 atom stereocenters. The van der Waals surface area contributed by atoms with Gasteiger partial charge in [0.2, 0.25) is 5.91 Å². The van der Waals surface area contributed by atoms with Gasteiger partial charge in [0.1, 0.15) is 18.2 Å². The number of rotatable bonds is 5. The zero-order chi connectivity index (χ0) is 20.3. The number of amides is 1. The number of carbonyl (C=O) groups is 1. The van der Waals surface area contributed by atoms with Gasteiger partial charge in [-0.05, 0) is 36.8 Å². The maximum Gasteiger partial charge on any atom is 0.254 e. The van der Waals surface area contributed by atoms with E-state index in [1.54, 1.807) is 24.3 Å². The molecule has 5 nitrogen and oxygen atoms in total. The van der Waals surface area contributed by atoms with Crippen LogP contribution in [0.25, 0.3) is 11.4 Å². The molecule has 1 N–H and O–H groups in total. The molecule has 144 valence electrons. The quantitative estimate of drug-likeness (QED) is 0.659. The minimum Gasteiger partial charge on any atom is -0.322 e. The van der Waals surface area contributed by atoms with Gasteiger partial charge in [0.05, 0.1) is 5.69 Å². The Morgan fingerprint density at radius 2 is 1.89 bits per heavy atom. The van der Waals surface area contributed by atoms with Crippen molar-refractivity contribution in [1.29, 1.82) is 0 Å². The highest BCUT2D eigenvalue weighted by atomic mass is 35.5. The van der Waals surface area contributed by atoms with Gasteiger partial charge in [-0.3, -0.25) is 14.2 Å². The van der Waals surface area contributed by atoms with E-state index in [4.69, 9.17) is 23.2 Å². The zero-order valence-electron chi connectivity index (χ0n) is 14.9. The lowest BCUT2D eigenvalue weighted by molar-refractivity contribution is -0.116. The lowest BCUT2D eigenvalue weighted by Crippen LogP contribution is -2.30. The molecule has 0 aliphatic heterocycles. The summed E-state index contributed by atoms with van der Waals surface area (Å²) < 4.78 is 15.2. The highest BCUT2D eigenvalue weighted by Crippen LogP contribution is 2.22. The molecule has 0 spiro atoms. The number of carbonyl (C=O) groups excluding carboxylic acids is 1. The summed E-state index contributed by atoms with van der Waals surface area (Å²) in [5, 5.41) is 3.14. The van der Waals surface area contributed by atoms with Gasteiger partial charge < -0.3 is 5.32 Å². The fourth-order valence-corrected chi connectivity index (χ4v) is 3.01. The summed E-state index contributed by atoms with van der Waals surface area (Å²) in [5.74, 6) is -0.918. The lowest BCUT2D eigenvalue weighted by atomic mass is 10.2. The van der Waals surface area contributed by atoms with Crippen molar-refractivity contribution in [2.75, 3.05) is 5.32 Å². The Morgan fingerprint density at radius 1 is 1.14 bits per heavy atom. The van der Waals surface area contributed by atoms with Crippen LogP contribution < -0.4 is 10.9 Å². The molecule has 0 aliphatic rings. The van der Waals surface area contributed by atoms with E-state index in [2.05, 4.69) is 10.3 Å². The highest BCUT2D eigenvalue weighted by molar-refractivity contribution is 6.31. The number of aryl methyl sites for hydroxylation is 1. The SMILES string of the molecule is CCc1cc(=O)n(CC(=O)Nc2ccc(Cl)cc2F)c(-c2cccc(Cl)c2)n1. The zero-order valence-corrected chi connectivity index (χ0v) is 16.4. The average Bonchev–Trinajstić information content (AvgIpc) is 2.65. The van der Waals surface area contributed by atoms with E-state index in [-0.39, 0.29) is 22.8 Å². The molecule has 0 unspecified atom stereocenters. The van der Waals surface area contributed by atoms with Crippen LogP contribution in [0.4, 0.5) is 10.1 Å². The number of nitrogens with one attached hydrogen (secondary N) is 1. The third-order valence-electron chi connectivity index (χ3n) is 4.01. The largest absolute Gasteiger partial charge is 0.322 e. The van der Waals surface area contributed by atoms with E-state index in [9.17, 15) is 14.0 Å². The predicted molar refractivity (Wildman–Crippen MR) is 108 cm³/mol. The molecular weight excluding hydrogens is 404 g/mol. The molecule has 2 aromatic carbocycles. The summed E-state index contributed by atoms with van der Waals surface area (Å²) in [5.41, 5.74) is 0.796. The maximum atomic E-state index is 13.9. The van der Waals surface area contributed by atoms with Gasteiger partial charge in [0.25, 0.3) is 5.56 Å². The number of nitrogens with zero attached hydrogens (tertiary/aromatic N) is 2. The standard InChI is InChI=1S/C20H16Cl2FN3O2/c1-2-15-10-19(28)26(20(24-15)12-4-3-5-13(21)8-12)11-18(27)25-17-7-6-14(22)9-16(17)23/h3-10H,2,11H2,1H3,(H,25,27). The molecule has 0 fully saturated rings. The van der Waals surface area contributed by atoms with Crippen molar-refractivity contribution in [3.05, 3.63) is 80.4 Å². The van der Waals surface area contributed by atoms with Crippen LogP contribution in [-0.2, 0) is 17.8 Å². The Labute approximate surface area is 170 Å².